The highest BCUT2D eigenvalue weighted by Crippen LogP contribution is 2.41. The Bertz CT molecular complexity index is 561. The lowest BCUT2D eigenvalue weighted by Crippen LogP contribution is -2.40. The van der Waals surface area contributed by atoms with Crippen LogP contribution in [0, 0.1) is 22.5 Å². The van der Waals surface area contributed by atoms with Crippen molar-refractivity contribution in [3.63, 3.8) is 0 Å². The summed E-state index contributed by atoms with van der Waals surface area (Å²) in [7, 11) is 0. The van der Waals surface area contributed by atoms with Gasteiger partial charge >= 0.3 is 11.7 Å². The van der Waals surface area contributed by atoms with Gasteiger partial charge in [0.05, 0.1) is 10.3 Å². The molecular formula is C13H17N3O4. The number of nitro groups is 1. The third-order valence-corrected chi connectivity index (χ3v) is 4.07. The highest BCUT2D eigenvalue weighted by Gasteiger charge is 2.46. The minimum absolute atomic E-state index is 0.0906. The van der Waals surface area contributed by atoms with Crippen LogP contribution in [0.25, 0.3) is 0 Å². The number of nitrogens with one attached hydrogen (secondary N) is 1. The van der Waals surface area contributed by atoms with Crippen molar-refractivity contribution in [2.75, 3.05) is 5.32 Å². The molecule has 0 aliphatic heterocycles. The fourth-order valence-electron chi connectivity index (χ4n) is 2.71. The van der Waals surface area contributed by atoms with Crippen molar-refractivity contribution >= 4 is 17.5 Å². The van der Waals surface area contributed by atoms with E-state index in [2.05, 4.69) is 10.3 Å². The van der Waals surface area contributed by atoms with Crippen LogP contribution in [0.2, 0.25) is 0 Å². The molecule has 1 aromatic heterocycles. The van der Waals surface area contributed by atoms with Crippen LogP contribution >= 0.6 is 0 Å². The summed E-state index contributed by atoms with van der Waals surface area (Å²) < 4.78 is 0. The Hall–Kier alpha value is -2.18. The number of aromatic nitrogens is 1. The van der Waals surface area contributed by atoms with Crippen molar-refractivity contribution in [1.82, 2.24) is 4.98 Å². The molecule has 1 aliphatic carbocycles. The van der Waals surface area contributed by atoms with Crippen molar-refractivity contribution in [3.05, 3.63) is 27.9 Å². The van der Waals surface area contributed by atoms with Gasteiger partial charge in [0.25, 0.3) is 0 Å². The molecule has 0 aromatic carbocycles. The molecule has 2 unspecified atom stereocenters. The minimum Gasteiger partial charge on any atom is -0.481 e. The maximum Gasteiger partial charge on any atom is 0.314 e. The number of carbonyl (C=O) groups is 1. The molecule has 1 aliphatic rings. The fourth-order valence-corrected chi connectivity index (χ4v) is 2.71. The fraction of sp³-hybridized carbons (Fsp3) is 0.538. The van der Waals surface area contributed by atoms with Crippen molar-refractivity contribution in [2.24, 2.45) is 5.41 Å². The summed E-state index contributed by atoms with van der Waals surface area (Å²) in [6.45, 7) is 3.30. The first kappa shape index (κ1) is 14.2. The molecule has 1 fully saturated rings. The van der Waals surface area contributed by atoms with Crippen LogP contribution < -0.4 is 5.32 Å². The average molecular weight is 279 g/mol. The maximum absolute atomic E-state index is 11.4. The number of carboxylic acid groups (broad SMARTS) is 1. The Morgan fingerprint density at radius 3 is 2.95 bits per heavy atom. The molecule has 20 heavy (non-hydrogen) atoms. The van der Waals surface area contributed by atoms with Gasteiger partial charge in [-0.15, -0.1) is 0 Å². The van der Waals surface area contributed by atoms with Gasteiger partial charge in [-0.3, -0.25) is 14.9 Å². The first-order valence-electron chi connectivity index (χ1n) is 6.46. The van der Waals surface area contributed by atoms with Crippen LogP contribution in [0.15, 0.2) is 12.3 Å². The van der Waals surface area contributed by atoms with Crippen LogP contribution in [-0.4, -0.2) is 27.0 Å². The molecule has 7 nitrogen and oxygen atoms in total. The lowest BCUT2D eigenvalue weighted by atomic mass is 9.85. The summed E-state index contributed by atoms with van der Waals surface area (Å²) in [6.07, 6.45) is 3.48. The van der Waals surface area contributed by atoms with Gasteiger partial charge in [-0.05, 0) is 32.8 Å². The van der Waals surface area contributed by atoms with Gasteiger partial charge < -0.3 is 10.4 Å². The SMILES string of the molecule is Cc1ccnc(NC2CCCC2(C)C(=O)O)c1[N+](=O)[O-]. The molecular weight excluding hydrogens is 262 g/mol. The van der Waals surface area contributed by atoms with Crippen molar-refractivity contribution in [3.8, 4) is 0 Å². The summed E-state index contributed by atoms with van der Waals surface area (Å²) in [5.41, 5.74) is -0.506. The molecule has 2 N–H and O–H groups in total. The molecule has 0 spiro atoms. The Morgan fingerprint density at radius 2 is 2.35 bits per heavy atom. The normalized spacial score (nSPS) is 25.4. The number of hydrogen-bond acceptors (Lipinski definition) is 5. The number of aryl methyl sites for hydroxylation is 1. The second-order valence-corrected chi connectivity index (χ2v) is 5.39. The monoisotopic (exact) mass is 279 g/mol. The Balaban J connectivity index is 2.33. The first-order chi connectivity index (χ1) is 9.36. The summed E-state index contributed by atoms with van der Waals surface area (Å²) in [4.78, 5) is 26.1. The van der Waals surface area contributed by atoms with Crippen molar-refractivity contribution in [2.45, 2.75) is 39.2 Å². The van der Waals surface area contributed by atoms with E-state index in [9.17, 15) is 20.0 Å². The molecule has 1 aromatic rings. The molecule has 0 amide bonds. The number of anilines is 1. The van der Waals surface area contributed by atoms with Crippen LogP contribution in [0.4, 0.5) is 11.5 Å². The van der Waals surface area contributed by atoms with Gasteiger partial charge in [0.2, 0.25) is 5.82 Å². The lowest BCUT2D eigenvalue weighted by Gasteiger charge is -2.28. The third kappa shape index (κ3) is 2.31. The summed E-state index contributed by atoms with van der Waals surface area (Å²) in [5.74, 6) is -0.739. The van der Waals surface area contributed by atoms with E-state index < -0.39 is 16.3 Å². The van der Waals surface area contributed by atoms with E-state index in [-0.39, 0.29) is 17.5 Å². The summed E-state index contributed by atoms with van der Waals surface area (Å²) in [5, 5.41) is 23.5. The van der Waals surface area contributed by atoms with Crippen LogP contribution in [0.5, 0.6) is 0 Å². The van der Waals surface area contributed by atoms with E-state index in [1.165, 1.54) is 6.20 Å². The quantitative estimate of drug-likeness (QED) is 0.647. The zero-order chi connectivity index (χ0) is 14.9. The molecule has 108 valence electrons. The van der Waals surface area contributed by atoms with Crippen LogP contribution in [0.1, 0.15) is 31.7 Å². The van der Waals surface area contributed by atoms with Crippen LogP contribution in [0.3, 0.4) is 0 Å². The van der Waals surface area contributed by atoms with Gasteiger partial charge in [0, 0.05) is 17.8 Å². The standard InChI is InChI=1S/C13H17N3O4/c1-8-5-7-14-11(10(8)16(19)20)15-9-4-3-6-13(9,2)12(17)18/h5,7,9H,3-4,6H2,1-2H3,(H,14,15)(H,17,18). The Labute approximate surface area is 116 Å². The Morgan fingerprint density at radius 1 is 1.65 bits per heavy atom. The molecule has 2 rings (SSSR count). The average Bonchev–Trinajstić information content (AvgIpc) is 2.72. The molecule has 1 saturated carbocycles. The second-order valence-electron chi connectivity index (χ2n) is 5.39. The van der Waals surface area contributed by atoms with Crippen LogP contribution in [-0.2, 0) is 4.79 Å². The zero-order valence-corrected chi connectivity index (χ0v) is 11.4. The van der Waals surface area contributed by atoms with E-state index in [1.807, 2.05) is 0 Å². The number of rotatable bonds is 4. The van der Waals surface area contributed by atoms with Crippen molar-refractivity contribution < 1.29 is 14.8 Å². The number of carboxylic acids is 1. The van der Waals surface area contributed by atoms with Gasteiger partial charge in [-0.25, -0.2) is 4.98 Å². The topological polar surface area (TPSA) is 105 Å². The van der Waals surface area contributed by atoms with Gasteiger partial charge in [0.15, 0.2) is 0 Å². The lowest BCUT2D eigenvalue weighted by molar-refractivity contribution is -0.384. The third-order valence-electron chi connectivity index (χ3n) is 4.07. The van der Waals surface area contributed by atoms with E-state index >= 15 is 0 Å². The highest BCUT2D eigenvalue weighted by atomic mass is 16.6. The number of pyridine rings is 1. The highest BCUT2D eigenvalue weighted by molar-refractivity contribution is 5.76. The Kier molecular flexibility index (Phi) is 3.61. The first-order valence-corrected chi connectivity index (χ1v) is 6.46. The smallest absolute Gasteiger partial charge is 0.314 e. The molecule has 0 radical (unpaired) electrons. The van der Waals surface area contributed by atoms with Crippen molar-refractivity contribution in [1.29, 1.82) is 0 Å². The number of nitrogens with zero attached hydrogens (tertiary/aromatic N) is 2. The maximum atomic E-state index is 11.4. The molecule has 0 saturated heterocycles. The van der Waals surface area contributed by atoms with Gasteiger partial charge in [0.1, 0.15) is 0 Å². The molecule has 7 heteroatoms. The number of hydrogen-bond donors (Lipinski definition) is 2. The second kappa shape index (κ2) is 5.07. The van der Waals surface area contributed by atoms with Gasteiger partial charge in [-0.2, -0.15) is 0 Å². The van der Waals surface area contributed by atoms with E-state index in [1.54, 1.807) is 19.9 Å². The summed E-state index contributed by atoms with van der Waals surface area (Å²) >= 11 is 0. The van der Waals surface area contributed by atoms with Gasteiger partial charge in [-0.1, -0.05) is 6.42 Å². The largest absolute Gasteiger partial charge is 0.481 e. The molecule has 0 bridgehead atoms. The zero-order valence-electron chi connectivity index (χ0n) is 11.4. The predicted octanol–water partition coefficient (Wildman–Crippen LogP) is 2.35. The van der Waals surface area contributed by atoms with E-state index in [4.69, 9.17) is 0 Å². The molecule has 1 heterocycles. The minimum atomic E-state index is -0.917. The summed E-state index contributed by atoms with van der Waals surface area (Å²) in [6, 6.07) is 1.21. The van der Waals surface area contributed by atoms with E-state index in [0.717, 1.165) is 6.42 Å². The molecule has 2 atom stereocenters. The predicted molar refractivity (Wildman–Crippen MR) is 72.6 cm³/mol. The number of aliphatic carboxylic acids is 1. The van der Waals surface area contributed by atoms with E-state index in [0.29, 0.717) is 18.4 Å².